The number of likely N-dealkylation sites (N-methyl/N-ethyl adjacent to an activating group) is 1. The SMILES string of the molecule is C[C@@H](O)[C@H]1C(=O)N2C(C(=O)O)=C(Sc3nc4cc(CC[N+]5(C)CCCCC5)ccc4s3)[C@H](C)[C@H]12. The molecule has 2 N–H and O–H groups in total. The molecular weight excluding hydrogens is 470 g/mol. The number of rotatable bonds is 7. The first kappa shape index (κ1) is 23.8. The highest BCUT2D eigenvalue weighted by atomic mass is 32.2. The summed E-state index contributed by atoms with van der Waals surface area (Å²) >= 11 is 2.91. The Kier molecular flexibility index (Phi) is 6.25. The molecule has 7 nitrogen and oxygen atoms in total. The summed E-state index contributed by atoms with van der Waals surface area (Å²) in [6, 6.07) is 6.16. The van der Waals surface area contributed by atoms with Crippen LogP contribution in [0, 0.1) is 11.8 Å². The van der Waals surface area contributed by atoms with Gasteiger partial charge >= 0.3 is 5.97 Å². The highest BCUT2D eigenvalue weighted by molar-refractivity contribution is 8.04. The van der Waals surface area contributed by atoms with E-state index in [9.17, 15) is 19.8 Å². The van der Waals surface area contributed by atoms with E-state index in [-0.39, 0.29) is 23.6 Å². The van der Waals surface area contributed by atoms with Crippen molar-refractivity contribution in [2.75, 3.05) is 26.7 Å². The number of hydrogen-bond donors (Lipinski definition) is 2. The van der Waals surface area contributed by atoms with Crippen molar-refractivity contribution in [1.82, 2.24) is 9.88 Å². The van der Waals surface area contributed by atoms with E-state index in [0.717, 1.165) is 32.0 Å². The molecule has 4 heterocycles. The molecule has 3 aliphatic heterocycles. The van der Waals surface area contributed by atoms with Crippen LogP contribution in [0.25, 0.3) is 10.2 Å². The average molecular weight is 503 g/mol. The van der Waals surface area contributed by atoms with Gasteiger partial charge in [0.15, 0.2) is 4.34 Å². The number of aliphatic hydroxyl groups excluding tert-OH is 1. The van der Waals surface area contributed by atoms with Crippen LogP contribution in [0.2, 0.25) is 0 Å². The molecule has 34 heavy (non-hydrogen) atoms. The number of carboxylic acid groups (broad SMARTS) is 1. The molecular formula is C25H32N3O4S2+. The lowest BCUT2D eigenvalue weighted by molar-refractivity contribution is -0.913. The first-order chi connectivity index (χ1) is 16.2. The van der Waals surface area contributed by atoms with Gasteiger partial charge in [0.1, 0.15) is 5.70 Å². The van der Waals surface area contributed by atoms with E-state index < -0.39 is 18.0 Å². The summed E-state index contributed by atoms with van der Waals surface area (Å²) in [5.74, 6) is -2.12. The number of quaternary nitrogens is 1. The third kappa shape index (κ3) is 4.06. The Bertz CT molecular complexity index is 1170. The Balaban J connectivity index is 1.35. The van der Waals surface area contributed by atoms with Gasteiger partial charge < -0.3 is 19.6 Å². The second-order valence-electron chi connectivity index (χ2n) is 10.3. The molecule has 0 saturated carbocycles. The lowest BCUT2D eigenvalue weighted by Crippen LogP contribution is -2.63. The number of thioether (sulfide) groups is 1. The maximum Gasteiger partial charge on any atom is 0.353 e. The van der Waals surface area contributed by atoms with Crippen molar-refractivity contribution in [2.45, 2.75) is 56.0 Å². The van der Waals surface area contributed by atoms with Gasteiger partial charge in [-0.05, 0) is 43.9 Å². The smallest absolute Gasteiger partial charge is 0.353 e. The van der Waals surface area contributed by atoms with Crippen LogP contribution in [0.15, 0.2) is 33.1 Å². The van der Waals surface area contributed by atoms with E-state index in [1.807, 2.05) is 6.92 Å². The predicted octanol–water partition coefficient (Wildman–Crippen LogP) is 3.72. The summed E-state index contributed by atoms with van der Waals surface area (Å²) in [7, 11) is 2.36. The quantitative estimate of drug-likeness (QED) is 0.443. The summed E-state index contributed by atoms with van der Waals surface area (Å²) in [6.45, 7) is 7.19. The number of amides is 1. The second-order valence-corrected chi connectivity index (χ2v) is 12.6. The number of aliphatic carboxylic acids is 1. The second kappa shape index (κ2) is 8.93. The summed E-state index contributed by atoms with van der Waals surface area (Å²) in [5.41, 5.74) is 2.27. The van der Waals surface area contributed by atoms with Crippen LogP contribution < -0.4 is 0 Å². The fourth-order valence-corrected chi connectivity index (χ4v) is 8.12. The third-order valence-electron chi connectivity index (χ3n) is 7.78. The van der Waals surface area contributed by atoms with Crippen LogP contribution in [-0.2, 0) is 16.0 Å². The fourth-order valence-electron chi connectivity index (χ4n) is 5.80. The number of benzene rings is 1. The van der Waals surface area contributed by atoms with Crippen LogP contribution in [-0.4, -0.2) is 75.3 Å². The van der Waals surface area contributed by atoms with Crippen molar-refractivity contribution >= 4 is 45.2 Å². The number of carbonyl (C=O) groups is 2. The highest BCUT2D eigenvalue weighted by Gasteiger charge is 2.60. The van der Waals surface area contributed by atoms with E-state index in [1.165, 1.54) is 54.6 Å². The van der Waals surface area contributed by atoms with Gasteiger partial charge in [-0.25, -0.2) is 9.78 Å². The molecule has 3 aliphatic rings. The number of fused-ring (bicyclic) bond motifs is 2. The van der Waals surface area contributed by atoms with Crippen molar-refractivity contribution in [3.8, 4) is 0 Å². The number of hydrogen-bond acceptors (Lipinski definition) is 6. The molecule has 2 saturated heterocycles. The van der Waals surface area contributed by atoms with Crippen molar-refractivity contribution < 1.29 is 24.3 Å². The van der Waals surface area contributed by atoms with Crippen molar-refractivity contribution in [3.63, 3.8) is 0 Å². The van der Waals surface area contributed by atoms with Gasteiger partial charge in [-0.15, -0.1) is 11.3 Å². The highest BCUT2D eigenvalue weighted by Crippen LogP contribution is 2.52. The molecule has 0 spiro atoms. The van der Waals surface area contributed by atoms with Crippen LogP contribution in [0.4, 0.5) is 0 Å². The van der Waals surface area contributed by atoms with Crippen LogP contribution in [0.1, 0.15) is 38.7 Å². The number of carbonyl (C=O) groups excluding carboxylic acids is 1. The Morgan fingerprint density at radius 3 is 2.74 bits per heavy atom. The topological polar surface area (TPSA) is 90.7 Å². The minimum atomic E-state index is -1.10. The van der Waals surface area contributed by atoms with Crippen molar-refractivity contribution in [2.24, 2.45) is 11.8 Å². The first-order valence-corrected chi connectivity index (χ1v) is 13.7. The van der Waals surface area contributed by atoms with Gasteiger partial charge in [0.2, 0.25) is 5.91 Å². The number of carboxylic acids is 1. The summed E-state index contributed by atoms with van der Waals surface area (Å²) in [4.78, 5) is 31.5. The van der Waals surface area contributed by atoms with E-state index in [0.29, 0.717) is 4.91 Å². The number of thiazole rings is 1. The van der Waals surface area contributed by atoms with Crippen LogP contribution in [0.5, 0.6) is 0 Å². The molecule has 1 amide bonds. The monoisotopic (exact) mass is 502 g/mol. The maximum absolute atomic E-state index is 12.6. The molecule has 0 unspecified atom stereocenters. The number of aliphatic hydroxyl groups is 1. The number of nitrogens with zero attached hydrogens (tertiary/aromatic N) is 3. The normalized spacial score (nSPS) is 27.1. The standard InChI is InChI=1S/C25H31N3O4S2/c1-14-20-19(15(2)29)23(30)27(20)21(24(31)32)22(14)34-25-26-17-13-16(7-8-18(17)33-25)9-12-28(3)10-5-4-6-11-28/h7-8,13-15,19-20,29H,4-6,9-12H2,1-3H3/p+1/t14-,15-,19-,20-/m1/s1. The Morgan fingerprint density at radius 2 is 2.06 bits per heavy atom. The zero-order valence-electron chi connectivity index (χ0n) is 19.9. The molecule has 0 aliphatic carbocycles. The van der Waals surface area contributed by atoms with E-state index in [1.54, 1.807) is 18.3 Å². The number of β-lactam (4-membered cyclic amide) rings is 1. The van der Waals surface area contributed by atoms with Gasteiger partial charge in [-0.1, -0.05) is 24.8 Å². The van der Waals surface area contributed by atoms with Crippen molar-refractivity contribution in [3.05, 3.63) is 34.4 Å². The molecule has 1 aromatic heterocycles. The van der Waals surface area contributed by atoms with Gasteiger partial charge in [0, 0.05) is 17.2 Å². The zero-order chi connectivity index (χ0) is 24.2. The Morgan fingerprint density at radius 1 is 1.32 bits per heavy atom. The average Bonchev–Trinajstić information content (AvgIpc) is 3.29. The third-order valence-corrected chi connectivity index (χ3v) is 10.2. The molecule has 0 bridgehead atoms. The van der Waals surface area contributed by atoms with E-state index in [4.69, 9.17) is 4.98 Å². The summed E-state index contributed by atoms with van der Waals surface area (Å²) in [6.07, 6.45) is 4.21. The van der Waals surface area contributed by atoms with Gasteiger partial charge in [0.05, 0.1) is 55.0 Å². The summed E-state index contributed by atoms with van der Waals surface area (Å²) < 4.78 is 3.00. The lowest BCUT2D eigenvalue weighted by Gasteiger charge is -2.46. The van der Waals surface area contributed by atoms with Crippen LogP contribution in [0.3, 0.4) is 0 Å². The minimum absolute atomic E-state index is 0.0443. The first-order valence-electron chi connectivity index (χ1n) is 12.1. The Hall–Kier alpha value is -1.94. The molecule has 2 aromatic rings. The molecule has 1 aromatic carbocycles. The number of aromatic nitrogens is 1. The molecule has 182 valence electrons. The number of piperidine rings is 1. The molecule has 4 atom stereocenters. The van der Waals surface area contributed by atoms with E-state index >= 15 is 0 Å². The minimum Gasteiger partial charge on any atom is -0.477 e. The molecule has 9 heteroatoms. The largest absolute Gasteiger partial charge is 0.477 e. The van der Waals surface area contributed by atoms with Crippen LogP contribution >= 0.6 is 23.1 Å². The molecule has 2 fully saturated rings. The zero-order valence-corrected chi connectivity index (χ0v) is 21.5. The summed E-state index contributed by atoms with van der Waals surface area (Å²) in [5, 5.41) is 19.9. The Labute approximate surface area is 208 Å². The predicted molar refractivity (Wildman–Crippen MR) is 133 cm³/mol. The van der Waals surface area contributed by atoms with Gasteiger partial charge in [-0.2, -0.15) is 0 Å². The van der Waals surface area contributed by atoms with E-state index in [2.05, 4.69) is 25.2 Å². The maximum atomic E-state index is 12.6. The lowest BCUT2D eigenvalue weighted by atomic mass is 9.79. The van der Waals surface area contributed by atoms with Gasteiger partial charge in [0.25, 0.3) is 0 Å². The number of likely N-dealkylation sites (tertiary alicyclic amines) is 1. The van der Waals surface area contributed by atoms with Gasteiger partial charge in [-0.3, -0.25) is 4.79 Å². The van der Waals surface area contributed by atoms with Crippen molar-refractivity contribution in [1.29, 1.82) is 0 Å². The molecule has 5 rings (SSSR count). The molecule has 0 radical (unpaired) electrons. The fraction of sp³-hybridized carbons (Fsp3) is 0.560.